The first-order valence-corrected chi connectivity index (χ1v) is 7.28. The normalized spacial score (nSPS) is 10.7. The Hall–Kier alpha value is -1.89. The van der Waals surface area contributed by atoms with Gasteiger partial charge in [-0.05, 0) is 52.9 Å². The monoisotopic (exact) mass is 377 g/mol. The number of hydrogen-bond donors (Lipinski definition) is 1. The molecule has 0 aliphatic rings. The van der Waals surface area contributed by atoms with Gasteiger partial charge in [0.05, 0.1) is 23.3 Å². The molecule has 3 aromatic rings. The minimum absolute atomic E-state index is 0.0768. The lowest BCUT2D eigenvalue weighted by molar-refractivity contribution is 0.0949. The van der Waals surface area contributed by atoms with E-state index in [0.717, 1.165) is 14.8 Å². The smallest absolute Gasteiger partial charge is 0.252 e. The molecular weight excluding hydrogens is 365 g/mol. The Morgan fingerprint density at radius 3 is 2.80 bits per heavy atom. The highest BCUT2D eigenvalue weighted by Gasteiger charge is 2.09. The predicted molar refractivity (Wildman–Crippen MR) is 85.5 cm³/mol. The van der Waals surface area contributed by atoms with Crippen molar-refractivity contribution in [2.45, 2.75) is 6.54 Å². The molecule has 0 fully saturated rings. The van der Waals surface area contributed by atoms with Crippen molar-refractivity contribution in [3.8, 4) is 0 Å². The highest BCUT2D eigenvalue weighted by molar-refractivity contribution is 14.1. The topological polar surface area (TPSA) is 46.4 Å². The van der Waals surface area contributed by atoms with Crippen LogP contribution in [0.4, 0.5) is 0 Å². The van der Waals surface area contributed by atoms with E-state index in [1.54, 1.807) is 4.52 Å². The second kappa shape index (κ2) is 5.62. The molecule has 0 aliphatic heterocycles. The Bertz CT molecular complexity index is 733. The number of nitrogens with zero attached hydrogens (tertiary/aromatic N) is 2. The van der Waals surface area contributed by atoms with Gasteiger partial charge in [-0.25, -0.2) is 4.52 Å². The van der Waals surface area contributed by atoms with E-state index in [0.29, 0.717) is 12.1 Å². The third kappa shape index (κ3) is 2.67. The second-order valence-corrected chi connectivity index (χ2v) is 5.53. The minimum Gasteiger partial charge on any atom is -0.346 e. The number of aromatic nitrogens is 2. The van der Waals surface area contributed by atoms with Crippen LogP contribution in [0.1, 0.15) is 16.1 Å². The van der Waals surface area contributed by atoms with Crippen LogP contribution in [0.25, 0.3) is 5.52 Å². The molecule has 5 heteroatoms. The quantitative estimate of drug-likeness (QED) is 0.714. The largest absolute Gasteiger partial charge is 0.346 e. The van der Waals surface area contributed by atoms with Crippen molar-refractivity contribution in [1.29, 1.82) is 0 Å². The van der Waals surface area contributed by atoms with Crippen LogP contribution in [0.3, 0.4) is 0 Å². The second-order valence-electron chi connectivity index (χ2n) is 4.37. The van der Waals surface area contributed by atoms with Crippen LogP contribution in [-0.4, -0.2) is 15.5 Å². The highest BCUT2D eigenvalue weighted by Crippen LogP contribution is 2.11. The molecule has 4 nitrogen and oxygen atoms in total. The zero-order chi connectivity index (χ0) is 13.9. The summed E-state index contributed by atoms with van der Waals surface area (Å²) in [5.41, 5.74) is 2.55. The van der Waals surface area contributed by atoms with E-state index in [1.807, 2.05) is 54.7 Å². The van der Waals surface area contributed by atoms with E-state index < -0.39 is 0 Å². The van der Waals surface area contributed by atoms with Crippen molar-refractivity contribution >= 4 is 34.0 Å². The van der Waals surface area contributed by atoms with Crippen LogP contribution >= 0.6 is 22.6 Å². The van der Waals surface area contributed by atoms with E-state index in [2.05, 4.69) is 33.0 Å². The first kappa shape index (κ1) is 13.1. The van der Waals surface area contributed by atoms with Crippen molar-refractivity contribution in [1.82, 2.24) is 14.9 Å². The Kier molecular flexibility index (Phi) is 3.68. The van der Waals surface area contributed by atoms with Crippen LogP contribution < -0.4 is 5.32 Å². The summed E-state index contributed by atoms with van der Waals surface area (Å²) in [5, 5.41) is 7.30. The number of hydrogen-bond acceptors (Lipinski definition) is 2. The van der Waals surface area contributed by atoms with Crippen LogP contribution in [0.15, 0.2) is 54.7 Å². The lowest BCUT2D eigenvalue weighted by Gasteiger charge is -2.04. The molecule has 0 saturated heterocycles. The lowest BCUT2D eigenvalue weighted by atomic mass is 10.2. The molecule has 0 unspecified atom stereocenters. The van der Waals surface area contributed by atoms with Gasteiger partial charge in [0.15, 0.2) is 0 Å². The standard InChI is InChI=1S/C15H12IN3O/c16-14-7-2-1-6-13(14)15(20)17-10-11-9-12-5-3-4-8-19(12)18-11/h1-9H,10H2,(H,17,20). The molecule has 3 rings (SSSR count). The number of amides is 1. The fourth-order valence-electron chi connectivity index (χ4n) is 1.99. The first-order chi connectivity index (χ1) is 9.74. The van der Waals surface area contributed by atoms with Gasteiger partial charge in [-0.3, -0.25) is 4.79 Å². The van der Waals surface area contributed by atoms with Crippen LogP contribution in [0, 0.1) is 3.57 Å². The van der Waals surface area contributed by atoms with Crippen molar-refractivity contribution in [3.05, 3.63) is 69.6 Å². The van der Waals surface area contributed by atoms with E-state index in [9.17, 15) is 4.79 Å². The van der Waals surface area contributed by atoms with Gasteiger partial charge in [0, 0.05) is 9.77 Å². The summed E-state index contributed by atoms with van der Waals surface area (Å²) in [6, 6.07) is 15.4. The van der Waals surface area contributed by atoms with E-state index in [-0.39, 0.29) is 5.91 Å². The maximum Gasteiger partial charge on any atom is 0.252 e. The van der Waals surface area contributed by atoms with Crippen LogP contribution in [0.2, 0.25) is 0 Å². The number of fused-ring (bicyclic) bond motifs is 1. The summed E-state index contributed by atoms with van der Waals surface area (Å²) >= 11 is 2.16. The molecule has 0 saturated carbocycles. The average Bonchev–Trinajstić information content (AvgIpc) is 2.88. The number of rotatable bonds is 3. The molecule has 1 aromatic carbocycles. The zero-order valence-corrected chi connectivity index (χ0v) is 12.7. The van der Waals surface area contributed by atoms with Gasteiger partial charge in [-0.1, -0.05) is 18.2 Å². The van der Waals surface area contributed by atoms with Gasteiger partial charge in [0.2, 0.25) is 0 Å². The summed E-state index contributed by atoms with van der Waals surface area (Å²) in [5.74, 6) is -0.0768. The van der Waals surface area contributed by atoms with Crippen LogP contribution in [-0.2, 0) is 6.54 Å². The van der Waals surface area contributed by atoms with Crippen LogP contribution in [0.5, 0.6) is 0 Å². The molecule has 1 amide bonds. The summed E-state index contributed by atoms with van der Waals surface area (Å²) in [6.07, 6.45) is 1.89. The maximum atomic E-state index is 12.1. The highest BCUT2D eigenvalue weighted by atomic mass is 127. The molecule has 20 heavy (non-hydrogen) atoms. The molecule has 0 atom stereocenters. The maximum absolute atomic E-state index is 12.1. The molecule has 0 spiro atoms. The van der Waals surface area contributed by atoms with E-state index in [1.165, 1.54) is 0 Å². The van der Waals surface area contributed by atoms with Gasteiger partial charge >= 0.3 is 0 Å². The predicted octanol–water partition coefficient (Wildman–Crippen LogP) is 2.87. The van der Waals surface area contributed by atoms with Gasteiger partial charge < -0.3 is 5.32 Å². The third-order valence-electron chi connectivity index (χ3n) is 2.97. The van der Waals surface area contributed by atoms with Crippen molar-refractivity contribution in [2.24, 2.45) is 0 Å². The average molecular weight is 377 g/mol. The summed E-state index contributed by atoms with van der Waals surface area (Å²) in [6.45, 7) is 0.422. The summed E-state index contributed by atoms with van der Waals surface area (Å²) in [4.78, 5) is 12.1. The SMILES string of the molecule is O=C(NCc1cc2ccccn2n1)c1ccccc1I. The van der Waals surface area contributed by atoms with E-state index in [4.69, 9.17) is 0 Å². The number of carbonyl (C=O) groups is 1. The number of carbonyl (C=O) groups excluding carboxylic acids is 1. The number of pyridine rings is 1. The van der Waals surface area contributed by atoms with E-state index >= 15 is 0 Å². The number of halogens is 1. The summed E-state index contributed by atoms with van der Waals surface area (Å²) < 4.78 is 2.74. The van der Waals surface area contributed by atoms with Crippen molar-refractivity contribution in [3.63, 3.8) is 0 Å². The zero-order valence-electron chi connectivity index (χ0n) is 10.6. The number of nitrogens with one attached hydrogen (secondary N) is 1. The van der Waals surface area contributed by atoms with Gasteiger partial charge in [0.25, 0.3) is 5.91 Å². The van der Waals surface area contributed by atoms with Gasteiger partial charge in [-0.15, -0.1) is 0 Å². The third-order valence-corrected chi connectivity index (χ3v) is 3.91. The molecule has 2 aromatic heterocycles. The molecule has 0 aliphatic carbocycles. The molecule has 1 N–H and O–H groups in total. The fourth-order valence-corrected chi connectivity index (χ4v) is 2.62. The Balaban J connectivity index is 1.73. The fraction of sp³-hybridized carbons (Fsp3) is 0.0667. The van der Waals surface area contributed by atoms with Crippen molar-refractivity contribution in [2.75, 3.05) is 0 Å². The van der Waals surface area contributed by atoms with Crippen molar-refractivity contribution < 1.29 is 4.79 Å². The Labute approximate surface area is 129 Å². The minimum atomic E-state index is -0.0768. The molecular formula is C15H12IN3O. The molecule has 100 valence electrons. The Morgan fingerprint density at radius 2 is 2.00 bits per heavy atom. The van der Waals surface area contributed by atoms with Gasteiger partial charge in [0.1, 0.15) is 0 Å². The lowest BCUT2D eigenvalue weighted by Crippen LogP contribution is -2.23. The first-order valence-electron chi connectivity index (χ1n) is 6.20. The molecule has 2 heterocycles. The Morgan fingerprint density at radius 1 is 1.20 bits per heavy atom. The number of benzene rings is 1. The molecule has 0 bridgehead atoms. The molecule has 0 radical (unpaired) electrons. The van der Waals surface area contributed by atoms with Gasteiger partial charge in [-0.2, -0.15) is 5.10 Å². The summed E-state index contributed by atoms with van der Waals surface area (Å²) in [7, 11) is 0.